The van der Waals surface area contributed by atoms with E-state index in [1.807, 2.05) is 6.92 Å². The van der Waals surface area contributed by atoms with E-state index in [1.54, 1.807) is 11.8 Å². The molecule has 1 heterocycles. The summed E-state index contributed by atoms with van der Waals surface area (Å²) in [7, 11) is 0. The molecule has 1 aromatic heterocycles. The third kappa shape index (κ3) is 5.29. The van der Waals surface area contributed by atoms with Gasteiger partial charge in [-0.25, -0.2) is 4.79 Å². The fraction of sp³-hybridized carbons (Fsp3) is 0.250. The van der Waals surface area contributed by atoms with Gasteiger partial charge in [-0.3, -0.25) is 4.79 Å². The number of carbonyl (C=O) groups is 2. The van der Waals surface area contributed by atoms with Crippen molar-refractivity contribution in [2.24, 2.45) is 0 Å². The Morgan fingerprint density at radius 3 is 2.68 bits per heavy atom. The fourth-order valence-electron chi connectivity index (χ4n) is 1.64. The molecule has 0 saturated carbocycles. The number of amides is 1. The summed E-state index contributed by atoms with van der Waals surface area (Å²) in [6.45, 7) is 2.26. The van der Waals surface area contributed by atoms with Crippen LogP contribution in [0.2, 0.25) is 0 Å². The lowest BCUT2D eigenvalue weighted by Crippen LogP contribution is -2.30. The van der Waals surface area contributed by atoms with Crippen LogP contribution in [0.3, 0.4) is 0 Å². The van der Waals surface area contributed by atoms with Gasteiger partial charge in [0.05, 0.1) is 11.8 Å². The number of furan rings is 1. The smallest absolute Gasteiger partial charge is 0.341 e. The number of hydrogen-bond acceptors (Lipinski definition) is 5. The Hall–Kier alpha value is -2.21. The minimum atomic E-state index is -0.571. The SMILES string of the molecule is Cc1ccc(SCCNC(=O)COC(=O)c2ccoc2)cc1. The van der Waals surface area contributed by atoms with Crippen LogP contribution < -0.4 is 5.32 Å². The predicted octanol–water partition coefficient (Wildman–Crippen LogP) is 2.65. The van der Waals surface area contributed by atoms with Gasteiger partial charge in [0, 0.05) is 17.2 Å². The highest BCUT2D eigenvalue weighted by Crippen LogP contribution is 2.17. The first-order valence-electron chi connectivity index (χ1n) is 6.80. The van der Waals surface area contributed by atoms with Crippen LogP contribution in [0.15, 0.2) is 52.2 Å². The van der Waals surface area contributed by atoms with Crippen LogP contribution in [-0.4, -0.2) is 30.8 Å². The largest absolute Gasteiger partial charge is 0.472 e. The molecular weight excluding hydrogens is 302 g/mol. The molecule has 0 fully saturated rings. The Bertz CT molecular complexity index is 608. The average Bonchev–Trinajstić information content (AvgIpc) is 3.05. The second-order valence-corrected chi connectivity index (χ2v) is 5.77. The van der Waals surface area contributed by atoms with Gasteiger partial charge in [0.25, 0.3) is 5.91 Å². The van der Waals surface area contributed by atoms with Crippen molar-refractivity contribution in [1.29, 1.82) is 0 Å². The zero-order valence-electron chi connectivity index (χ0n) is 12.2. The molecule has 2 rings (SSSR count). The highest BCUT2D eigenvalue weighted by Gasteiger charge is 2.10. The molecule has 1 aromatic carbocycles. The summed E-state index contributed by atoms with van der Waals surface area (Å²) in [5.41, 5.74) is 1.51. The number of rotatable bonds is 7. The van der Waals surface area contributed by atoms with Crippen LogP contribution >= 0.6 is 11.8 Å². The summed E-state index contributed by atoms with van der Waals surface area (Å²) in [4.78, 5) is 24.2. The van der Waals surface area contributed by atoms with Crippen molar-refractivity contribution < 1.29 is 18.7 Å². The molecule has 0 aliphatic heterocycles. The van der Waals surface area contributed by atoms with Gasteiger partial charge in [0.2, 0.25) is 0 Å². The van der Waals surface area contributed by atoms with Crippen molar-refractivity contribution in [2.45, 2.75) is 11.8 Å². The molecule has 0 saturated heterocycles. The summed E-state index contributed by atoms with van der Waals surface area (Å²) in [5, 5.41) is 2.70. The maximum absolute atomic E-state index is 11.6. The van der Waals surface area contributed by atoms with E-state index in [9.17, 15) is 9.59 Å². The zero-order valence-corrected chi connectivity index (χ0v) is 13.0. The van der Waals surface area contributed by atoms with Crippen LogP contribution in [0.1, 0.15) is 15.9 Å². The lowest BCUT2D eigenvalue weighted by molar-refractivity contribution is -0.124. The van der Waals surface area contributed by atoms with Gasteiger partial charge in [-0.1, -0.05) is 17.7 Å². The van der Waals surface area contributed by atoms with Gasteiger partial charge in [-0.05, 0) is 25.1 Å². The molecule has 0 bridgehead atoms. The molecule has 0 spiro atoms. The number of thioether (sulfide) groups is 1. The monoisotopic (exact) mass is 319 g/mol. The molecule has 0 aliphatic rings. The normalized spacial score (nSPS) is 10.2. The standard InChI is InChI=1S/C16H17NO4S/c1-12-2-4-14(5-3-12)22-9-7-17-15(18)11-21-16(19)13-6-8-20-10-13/h2-6,8,10H,7,9,11H2,1H3,(H,17,18). The van der Waals surface area contributed by atoms with Gasteiger partial charge in [-0.15, -0.1) is 11.8 Å². The van der Waals surface area contributed by atoms with Crippen molar-refractivity contribution in [2.75, 3.05) is 18.9 Å². The highest BCUT2D eigenvalue weighted by molar-refractivity contribution is 7.99. The third-order valence-corrected chi connectivity index (χ3v) is 3.82. The molecule has 1 N–H and O–H groups in total. The average molecular weight is 319 g/mol. The maximum Gasteiger partial charge on any atom is 0.341 e. The van der Waals surface area contributed by atoms with E-state index in [2.05, 4.69) is 29.6 Å². The number of nitrogens with one attached hydrogen (secondary N) is 1. The first-order chi connectivity index (χ1) is 10.6. The maximum atomic E-state index is 11.6. The second kappa shape index (κ2) is 8.29. The quantitative estimate of drug-likeness (QED) is 0.483. The Kier molecular flexibility index (Phi) is 6.09. The summed E-state index contributed by atoms with van der Waals surface area (Å²) in [6, 6.07) is 9.69. The molecule has 0 atom stereocenters. The van der Waals surface area contributed by atoms with Crippen LogP contribution in [0.25, 0.3) is 0 Å². The Morgan fingerprint density at radius 2 is 2.00 bits per heavy atom. The Labute approximate surface area is 133 Å². The molecule has 22 heavy (non-hydrogen) atoms. The molecule has 0 aliphatic carbocycles. The van der Waals surface area contributed by atoms with Crippen molar-refractivity contribution in [1.82, 2.24) is 5.32 Å². The number of carbonyl (C=O) groups excluding carboxylic acids is 2. The van der Waals surface area contributed by atoms with Crippen molar-refractivity contribution in [3.63, 3.8) is 0 Å². The van der Waals surface area contributed by atoms with Gasteiger partial charge in [-0.2, -0.15) is 0 Å². The Balaban J connectivity index is 1.59. The topological polar surface area (TPSA) is 68.5 Å². The molecule has 6 heteroatoms. The summed E-state index contributed by atoms with van der Waals surface area (Å²) < 4.78 is 9.63. The minimum absolute atomic E-state index is 0.292. The van der Waals surface area contributed by atoms with E-state index in [4.69, 9.17) is 9.15 Å². The van der Waals surface area contributed by atoms with E-state index in [1.165, 1.54) is 24.2 Å². The molecule has 5 nitrogen and oxygen atoms in total. The van der Waals surface area contributed by atoms with E-state index < -0.39 is 5.97 Å². The fourth-order valence-corrected chi connectivity index (χ4v) is 2.41. The van der Waals surface area contributed by atoms with Gasteiger partial charge < -0.3 is 14.5 Å². The number of esters is 1. The second-order valence-electron chi connectivity index (χ2n) is 4.60. The van der Waals surface area contributed by atoms with Crippen LogP contribution in [0.5, 0.6) is 0 Å². The Morgan fingerprint density at radius 1 is 1.23 bits per heavy atom. The van der Waals surface area contributed by atoms with Crippen molar-refractivity contribution >= 4 is 23.6 Å². The van der Waals surface area contributed by atoms with Crippen LogP contribution in [0.4, 0.5) is 0 Å². The van der Waals surface area contributed by atoms with Crippen LogP contribution in [-0.2, 0) is 9.53 Å². The summed E-state index contributed by atoms with van der Waals surface area (Å²) >= 11 is 1.66. The first-order valence-corrected chi connectivity index (χ1v) is 7.79. The van der Waals surface area contributed by atoms with Gasteiger partial charge in [0.1, 0.15) is 6.26 Å². The van der Waals surface area contributed by atoms with Gasteiger partial charge in [0.15, 0.2) is 6.61 Å². The molecule has 2 aromatic rings. The molecule has 1 amide bonds. The minimum Gasteiger partial charge on any atom is -0.472 e. The highest BCUT2D eigenvalue weighted by atomic mass is 32.2. The van der Waals surface area contributed by atoms with E-state index in [0.717, 1.165) is 10.6 Å². The van der Waals surface area contributed by atoms with Crippen molar-refractivity contribution in [3.8, 4) is 0 Å². The number of aryl methyl sites for hydroxylation is 1. The number of hydrogen-bond donors (Lipinski definition) is 1. The predicted molar refractivity (Wildman–Crippen MR) is 83.9 cm³/mol. The molecular formula is C16H17NO4S. The molecule has 0 unspecified atom stereocenters. The van der Waals surface area contributed by atoms with Crippen molar-refractivity contribution in [3.05, 3.63) is 54.0 Å². The van der Waals surface area contributed by atoms with Crippen LogP contribution in [0, 0.1) is 6.92 Å². The van der Waals surface area contributed by atoms with E-state index in [-0.39, 0.29) is 12.5 Å². The number of benzene rings is 1. The number of ether oxygens (including phenoxy) is 1. The van der Waals surface area contributed by atoms with E-state index in [0.29, 0.717) is 12.1 Å². The first kappa shape index (κ1) is 16.2. The lowest BCUT2D eigenvalue weighted by Gasteiger charge is -2.06. The molecule has 116 valence electrons. The van der Waals surface area contributed by atoms with E-state index >= 15 is 0 Å². The van der Waals surface area contributed by atoms with Gasteiger partial charge >= 0.3 is 5.97 Å². The summed E-state index contributed by atoms with van der Waals surface area (Å²) in [5.74, 6) is -0.135. The third-order valence-electron chi connectivity index (χ3n) is 2.81. The lowest BCUT2D eigenvalue weighted by atomic mass is 10.2. The summed E-state index contributed by atoms with van der Waals surface area (Å²) in [6.07, 6.45) is 2.65. The molecule has 0 radical (unpaired) electrons. The zero-order chi connectivity index (χ0) is 15.8.